The highest BCUT2D eigenvalue weighted by Gasteiger charge is 2.37. The number of fused-ring (bicyclic) bond motifs is 1. The summed E-state index contributed by atoms with van der Waals surface area (Å²) in [6.45, 7) is 0.0723. The summed E-state index contributed by atoms with van der Waals surface area (Å²) in [5, 5.41) is 17.5. The molecule has 0 bridgehead atoms. The van der Waals surface area contributed by atoms with Crippen LogP contribution in [-0.4, -0.2) is 38.8 Å². The van der Waals surface area contributed by atoms with E-state index in [9.17, 15) is 18.7 Å². The molecule has 3 aromatic rings. The predicted octanol–water partition coefficient (Wildman–Crippen LogP) is 2.79. The number of carbonyl (C=O) groups excluding carboxylic acids is 1. The monoisotopic (exact) mass is 343 g/mol. The highest BCUT2D eigenvalue weighted by atomic mass is 19.1. The molecule has 0 saturated carbocycles. The van der Waals surface area contributed by atoms with Gasteiger partial charge in [-0.1, -0.05) is 0 Å². The first-order chi connectivity index (χ1) is 12.0. The number of aliphatic hydroxyl groups excluding tert-OH is 1. The molecule has 5 nitrogen and oxygen atoms in total. The van der Waals surface area contributed by atoms with Gasteiger partial charge in [0.1, 0.15) is 11.6 Å². The number of benzene rings is 2. The summed E-state index contributed by atoms with van der Waals surface area (Å²) in [4.78, 5) is 14.3. The van der Waals surface area contributed by atoms with E-state index >= 15 is 0 Å². The molecule has 7 heteroatoms. The van der Waals surface area contributed by atoms with Gasteiger partial charge in [0.05, 0.1) is 23.9 Å². The molecule has 2 aromatic carbocycles. The van der Waals surface area contributed by atoms with Gasteiger partial charge in [-0.15, -0.1) is 0 Å². The lowest BCUT2D eigenvalue weighted by atomic mass is 10.0. The number of nitrogens with zero attached hydrogens (tertiary/aromatic N) is 2. The Morgan fingerprint density at radius 2 is 2.08 bits per heavy atom. The molecule has 1 aliphatic heterocycles. The third kappa shape index (κ3) is 2.76. The van der Waals surface area contributed by atoms with Crippen molar-refractivity contribution in [3.05, 3.63) is 65.4 Å². The molecule has 128 valence electrons. The second-order valence-electron chi connectivity index (χ2n) is 6.20. The van der Waals surface area contributed by atoms with E-state index in [1.165, 1.54) is 4.90 Å². The second-order valence-corrected chi connectivity index (χ2v) is 6.20. The normalized spacial score (nSPS) is 20.4. The Balaban J connectivity index is 1.71. The zero-order chi connectivity index (χ0) is 17.6. The van der Waals surface area contributed by atoms with Crippen molar-refractivity contribution < 1.29 is 18.7 Å². The second kappa shape index (κ2) is 5.93. The number of carbonyl (C=O) groups is 1. The molecule has 1 saturated heterocycles. The molecule has 25 heavy (non-hydrogen) atoms. The molecule has 2 heterocycles. The third-order valence-corrected chi connectivity index (χ3v) is 4.54. The number of halogens is 2. The minimum absolute atomic E-state index is 0.0723. The van der Waals surface area contributed by atoms with Gasteiger partial charge in [-0.3, -0.25) is 9.89 Å². The molecule has 2 unspecified atom stereocenters. The van der Waals surface area contributed by atoms with Crippen LogP contribution in [0.3, 0.4) is 0 Å². The number of β-amino-alcohol motifs (C(OH)–C–C–N with tert-alkyl or cyclic N) is 1. The van der Waals surface area contributed by atoms with Gasteiger partial charge in [0, 0.05) is 23.1 Å². The lowest BCUT2D eigenvalue weighted by molar-refractivity contribution is 0.0714. The van der Waals surface area contributed by atoms with Crippen molar-refractivity contribution in [1.29, 1.82) is 0 Å². The van der Waals surface area contributed by atoms with Gasteiger partial charge in [0.25, 0.3) is 5.91 Å². The van der Waals surface area contributed by atoms with E-state index < -0.39 is 23.8 Å². The summed E-state index contributed by atoms with van der Waals surface area (Å²) in [5.74, 6) is -1.51. The van der Waals surface area contributed by atoms with Crippen LogP contribution in [0, 0.1) is 11.6 Å². The smallest absolute Gasteiger partial charge is 0.254 e. The van der Waals surface area contributed by atoms with Crippen molar-refractivity contribution in [2.45, 2.75) is 18.6 Å². The zero-order valence-electron chi connectivity index (χ0n) is 13.1. The highest BCUT2D eigenvalue weighted by Crippen LogP contribution is 2.35. The number of aliphatic hydroxyl groups is 1. The van der Waals surface area contributed by atoms with E-state index in [0.29, 0.717) is 5.56 Å². The van der Waals surface area contributed by atoms with Crippen molar-refractivity contribution in [3.8, 4) is 0 Å². The Hall–Kier alpha value is -2.80. The van der Waals surface area contributed by atoms with Crippen LogP contribution >= 0.6 is 0 Å². The summed E-state index contributed by atoms with van der Waals surface area (Å²) in [6.07, 6.45) is 0.989. The minimum atomic E-state index is -0.783. The van der Waals surface area contributed by atoms with Crippen LogP contribution in [0.4, 0.5) is 8.78 Å². The number of hydrogen-bond acceptors (Lipinski definition) is 3. The van der Waals surface area contributed by atoms with Crippen LogP contribution in [0.1, 0.15) is 28.4 Å². The lowest BCUT2D eigenvalue weighted by Crippen LogP contribution is -2.32. The van der Waals surface area contributed by atoms with Crippen molar-refractivity contribution >= 4 is 16.8 Å². The number of amides is 1. The summed E-state index contributed by atoms with van der Waals surface area (Å²) < 4.78 is 27.7. The number of likely N-dealkylation sites (tertiary alicyclic amines) is 1. The minimum Gasteiger partial charge on any atom is -0.391 e. The van der Waals surface area contributed by atoms with E-state index in [2.05, 4.69) is 10.2 Å². The standard InChI is InChI=1S/C18H15F2N3O2/c19-12-2-3-15(20)14(6-12)17-7-13(24)9-23(17)18(25)10-1-4-16-11(5-10)8-21-22-16/h1-6,8,13,17,24H,7,9H2,(H,21,22). The van der Waals surface area contributed by atoms with Gasteiger partial charge in [-0.05, 0) is 42.8 Å². The quantitative estimate of drug-likeness (QED) is 0.752. The van der Waals surface area contributed by atoms with Gasteiger partial charge in [-0.25, -0.2) is 8.78 Å². The maximum absolute atomic E-state index is 14.2. The maximum Gasteiger partial charge on any atom is 0.254 e. The fraction of sp³-hybridized carbons (Fsp3) is 0.222. The number of aromatic amines is 1. The van der Waals surface area contributed by atoms with Crippen LogP contribution in [0.15, 0.2) is 42.6 Å². The molecule has 2 N–H and O–H groups in total. The van der Waals surface area contributed by atoms with Crippen LogP contribution in [0.5, 0.6) is 0 Å². The van der Waals surface area contributed by atoms with Crippen LogP contribution in [-0.2, 0) is 0 Å². The van der Waals surface area contributed by atoms with E-state index in [1.807, 2.05) is 0 Å². The summed E-state index contributed by atoms with van der Waals surface area (Å²) in [7, 11) is 0. The fourth-order valence-electron chi connectivity index (χ4n) is 3.34. The summed E-state index contributed by atoms with van der Waals surface area (Å²) in [6, 6.07) is 7.51. The number of rotatable bonds is 2. The van der Waals surface area contributed by atoms with E-state index in [-0.39, 0.29) is 24.4 Å². The van der Waals surface area contributed by atoms with Gasteiger partial charge in [0.15, 0.2) is 0 Å². The molecule has 0 spiro atoms. The molecular formula is C18H15F2N3O2. The first-order valence-corrected chi connectivity index (χ1v) is 7.90. The first kappa shape index (κ1) is 15.7. The Morgan fingerprint density at radius 1 is 1.24 bits per heavy atom. The number of nitrogens with one attached hydrogen (secondary N) is 1. The molecule has 1 amide bonds. The largest absolute Gasteiger partial charge is 0.391 e. The highest BCUT2D eigenvalue weighted by molar-refractivity contribution is 5.98. The van der Waals surface area contributed by atoms with Gasteiger partial charge < -0.3 is 10.0 Å². The van der Waals surface area contributed by atoms with E-state index in [0.717, 1.165) is 29.1 Å². The Kier molecular flexibility index (Phi) is 3.73. The Labute approximate surface area is 141 Å². The topological polar surface area (TPSA) is 69.2 Å². The van der Waals surface area contributed by atoms with E-state index in [4.69, 9.17) is 0 Å². The van der Waals surface area contributed by atoms with Crippen LogP contribution < -0.4 is 0 Å². The number of H-pyrrole nitrogens is 1. The molecule has 4 rings (SSSR count). The van der Waals surface area contributed by atoms with Crippen molar-refractivity contribution in [1.82, 2.24) is 15.1 Å². The SMILES string of the molecule is O=C(c1ccc2[nH]ncc2c1)N1CC(O)CC1c1cc(F)ccc1F. The summed E-state index contributed by atoms with van der Waals surface area (Å²) in [5.41, 5.74) is 1.28. The number of hydrogen-bond donors (Lipinski definition) is 2. The fourth-order valence-corrected chi connectivity index (χ4v) is 3.34. The van der Waals surface area contributed by atoms with E-state index in [1.54, 1.807) is 24.4 Å². The van der Waals surface area contributed by atoms with Crippen molar-refractivity contribution in [3.63, 3.8) is 0 Å². The molecule has 1 aromatic heterocycles. The average Bonchev–Trinajstić information content (AvgIpc) is 3.22. The van der Waals surface area contributed by atoms with Crippen molar-refractivity contribution in [2.24, 2.45) is 0 Å². The average molecular weight is 343 g/mol. The van der Waals surface area contributed by atoms with Crippen LogP contribution in [0.25, 0.3) is 10.9 Å². The van der Waals surface area contributed by atoms with Gasteiger partial charge in [0.2, 0.25) is 0 Å². The Morgan fingerprint density at radius 3 is 2.92 bits per heavy atom. The zero-order valence-corrected chi connectivity index (χ0v) is 13.1. The molecule has 1 aliphatic rings. The predicted molar refractivity (Wildman–Crippen MR) is 86.9 cm³/mol. The Bertz CT molecular complexity index is 956. The van der Waals surface area contributed by atoms with Crippen molar-refractivity contribution in [2.75, 3.05) is 6.54 Å². The van der Waals surface area contributed by atoms with Gasteiger partial charge in [-0.2, -0.15) is 5.10 Å². The summed E-state index contributed by atoms with van der Waals surface area (Å²) >= 11 is 0. The molecule has 1 fully saturated rings. The van der Waals surface area contributed by atoms with Gasteiger partial charge >= 0.3 is 0 Å². The third-order valence-electron chi connectivity index (χ3n) is 4.54. The molecule has 2 atom stereocenters. The molecule has 0 aliphatic carbocycles. The maximum atomic E-state index is 14.2. The first-order valence-electron chi connectivity index (χ1n) is 7.90. The van der Waals surface area contributed by atoms with Crippen LogP contribution in [0.2, 0.25) is 0 Å². The molecule has 0 radical (unpaired) electrons. The lowest BCUT2D eigenvalue weighted by Gasteiger charge is -2.25. The molecular weight excluding hydrogens is 328 g/mol. The number of aromatic nitrogens is 2.